The monoisotopic (exact) mass is 257 g/mol. The molecular weight excluding hydrogens is 242 g/mol. The van der Waals surface area contributed by atoms with Crippen molar-refractivity contribution in [3.8, 4) is 0 Å². The van der Waals surface area contributed by atoms with Crippen LogP contribution in [-0.4, -0.2) is 21.4 Å². The summed E-state index contributed by atoms with van der Waals surface area (Å²) in [7, 11) is 1.72. The fourth-order valence-corrected chi connectivity index (χ4v) is 2.04. The third-order valence-corrected chi connectivity index (χ3v) is 3.05. The van der Waals surface area contributed by atoms with Crippen LogP contribution in [0, 0.1) is 0 Å². The molecule has 2 rings (SSSR count). The first-order valence-electron chi connectivity index (χ1n) is 6.01. The number of carbonyl (C=O) groups is 2. The van der Waals surface area contributed by atoms with Gasteiger partial charge in [0.2, 0.25) is 0 Å². The van der Waals surface area contributed by atoms with E-state index in [9.17, 15) is 9.59 Å². The van der Waals surface area contributed by atoms with Crippen LogP contribution in [-0.2, 0) is 24.7 Å². The van der Waals surface area contributed by atoms with Crippen LogP contribution in [0.1, 0.15) is 21.7 Å². The van der Waals surface area contributed by atoms with Gasteiger partial charge in [0.1, 0.15) is 0 Å². The van der Waals surface area contributed by atoms with Crippen LogP contribution in [0.2, 0.25) is 0 Å². The summed E-state index contributed by atoms with van der Waals surface area (Å²) >= 11 is 0. The maximum absolute atomic E-state index is 12.2. The second kappa shape index (κ2) is 5.52. The zero-order valence-corrected chi connectivity index (χ0v) is 10.7. The Balaban J connectivity index is 2.16. The van der Waals surface area contributed by atoms with Crippen molar-refractivity contribution in [3.05, 3.63) is 59.4 Å². The molecule has 4 heteroatoms. The summed E-state index contributed by atoms with van der Waals surface area (Å²) in [6.07, 6.45) is 0.250. The smallest absolute Gasteiger partial charge is 0.309 e. The lowest BCUT2D eigenvalue weighted by Crippen LogP contribution is -2.12. The number of hydrogen-bond acceptors (Lipinski definition) is 2. The highest BCUT2D eigenvalue weighted by atomic mass is 16.4. The molecule has 19 heavy (non-hydrogen) atoms. The summed E-state index contributed by atoms with van der Waals surface area (Å²) in [5, 5.41) is 8.78. The predicted molar refractivity (Wildman–Crippen MR) is 71.2 cm³/mol. The van der Waals surface area contributed by atoms with Crippen molar-refractivity contribution in [3.63, 3.8) is 0 Å². The minimum Gasteiger partial charge on any atom is -0.481 e. The molecule has 2 aromatic rings. The second-order valence-corrected chi connectivity index (χ2v) is 4.42. The summed E-state index contributed by atoms with van der Waals surface area (Å²) in [4.78, 5) is 22.9. The average Bonchev–Trinajstić information content (AvgIpc) is 2.72. The summed E-state index contributed by atoms with van der Waals surface area (Å²) in [6.45, 7) is 0. The van der Waals surface area contributed by atoms with E-state index >= 15 is 0 Å². The molecule has 0 radical (unpaired) electrons. The van der Waals surface area contributed by atoms with Crippen LogP contribution >= 0.6 is 0 Å². The van der Waals surface area contributed by atoms with Gasteiger partial charge in [0.05, 0.1) is 12.1 Å². The number of carboxylic acids is 1. The highest BCUT2D eigenvalue weighted by Crippen LogP contribution is 2.12. The number of Topliss-reactive ketones (excluding diaryl/α,β-unsaturated/α-hetero) is 1. The van der Waals surface area contributed by atoms with Gasteiger partial charge in [-0.3, -0.25) is 9.59 Å². The van der Waals surface area contributed by atoms with E-state index in [4.69, 9.17) is 5.11 Å². The van der Waals surface area contributed by atoms with E-state index in [1.165, 1.54) is 0 Å². The molecule has 0 spiro atoms. The number of carbonyl (C=O) groups excluding carboxylic acids is 1. The average molecular weight is 257 g/mol. The van der Waals surface area contributed by atoms with Crippen LogP contribution in [0.15, 0.2) is 42.5 Å². The Morgan fingerprint density at radius 2 is 1.74 bits per heavy atom. The number of carboxylic acid groups (broad SMARTS) is 1. The molecule has 0 fully saturated rings. The first-order valence-corrected chi connectivity index (χ1v) is 6.01. The van der Waals surface area contributed by atoms with Gasteiger partial charge < -0.3 is 9.67 Å². The maximum atomic E-state index is 12.2. The minimum atomic E-state index is -0.900. The van der Waals surface area contributed by atoms with E-state index in [1.807, 2.05) is 30.3 Å². The molecule has 0 aliphatic carbocycles. The van der Waals surface area contributed by atoms with E-state index in [2.05, 4.69) is 0 Å². The summed E-state index contributed by atoms with van der Waals surface area (Å²) in [6, 6.07) is 12.9. The molecule has 0 aliphatic rings. The van der Waals surface area contributed by atoms with Gasteiger partial charge in [-0.05, 0) is 17.7 Å². The van der Waals surface area contributed by atoms with Gasteiger partial charge in [-0.15, -0.1) is 0 Å². The molecule has 0 amide bonds. The van der Waals surface area contributed by atoms with E-state index in [-0.39, 0.29) is 12.2 Å². The van der Waals surface area contributed by atoms with Crippen molar-refractivity contribution < 1.29 is 14.7 Å². The molecule has 0 bridgehead atoms. The Hall–Kier alpha value is -2.36. The lowest BCUT2D eigenvalue weighted by Gasteiger charge is -2.06. The van der Waals surface area contributed by atoms with Gasteiger partial charge in [0.15, 0.2) is 5.78 Å². The fraction of sp³-hybridized carbons (Fsp3) is 0.200. The molecule has 0 unspecified atom stereocenters. The Morgan fingerprint density at radius 1 is 1.05 bits per heavy atom. The number of hydrogen-bond donors (Lipinski definition) is 1. The van der Waals surface area contributed by atoms with Gasteiger partial charge in [-0.1, -0.05) is 30.3 Å². The first-order chi connectivity index (χ1) is 9.08. The topological polar surface area (TPSA) is 59.3 Å². The number of rotatable bonds is 5. The quantitative estimate of drug-likeness (QED) is 0.834. The number of ketones is 1. The van der Waals surface area contributed by atoms with Gasteiger partial charge in [0, 0.05) is 19.2 Å². The Kier molecular flexibility index (Phi) is 3.80. The van der Waals surface area contributed by atoms with Crippen molar-refractivity contribution in [1.82, 2.24) is 4.57 Å². The number of aromatic nitrogens is 1. The van der Waals surface area contributed by atoms with Crippen LogP contribution in [0.5, 0.6) is 0 Å². The molecule has 98 valence electrons. The first kappa shape index (κ1) is 13.1. The SMILES string of the molecule is Cn1c(CC(=O)O)ccc1C(=O)Cc1ccccc1. The van der Waals surface area contributed by atoms with Gasteiger partial charge in [-0.2, -0.15) is 0 Å². The minimum absolute atomic E-state index is 0.00895. The molecule has 0 saturated heterocycles. The lowest BCUT2D eigenvalue weighted by molar-refractivity contribution is -0.136. The van der Waals surface area contributed by atoms with Gasteiger partial charge in [-0.25, -0.2) is 0 Å². The third-order valence-electron chi connectivity index (χ3n) is 3.05. The highest BCUT2D eigenvalue weighted by Gasteiger charge is 2.14. The van der Waals surface area contributed by atoms with E-state index in [0.717, 1.165) is 5.56 Å². The van der Waals surface area contributed by atoms with Crippen molar-refractivity contribution in [1.29, 1.82) is 0 Å². The van der Waals surface area contributed by atoms with Crippen LogP contribution in [0.3, 0.4) is 0 Å². The largest absolute Gasteiger partial charge is 0.481 e. The van der Waals surface area contributed by atoms with E-state index in [1.54, 1.807) is 23.7 Å². The molecule has 0 saturated carbocycles. The van der Waals surface area contributed by atoms with Crippen molar-refractivity contribution in [2.45, 2.75) is 12.8 Å². The third kappa shape index (κ3) is 3.10. The van der Waals surface area contributed by atoms with Crippen LogP contribution < -0.4 is 0 Å². The summed E-state index contributed by atoms with van der Waals surface area (Å²) in [5.41, 5.74) is 2.12. The molecule has 0 aliphatic heterocycles. The van der Waals surface area contributed by atoms with Crippen molar-refractivity contribution >= 4 is 11.8 Å². The Labute approximate surface area is 111 Å². The molecule has 1 N–H and O–H groups in total. The summed E-state index contributed by atoms with van der Waals surface area (Å²) in [5.74, 6) is -0.909. The second-order valence-electron chi connectivity index (χ2n) is 4.42. The molecule has 1 heterocycles. The predicted octanol–water partition coefficient (Wildman–Crippen LogP) is 2.08. The zero-order valence-electron chi connectivity index (χ0n) is 10.7. The standard InChI is InChI=1S/C15H15NO3/c1-16-12(10-15(18)19)7-8-13(16)14(17)9-11-5-3-2-4-6-11/h2-8H,9-10H2,1H3,(H,18,19). The van der Waals surface area contributed by atoms with Crippen molar-refractivity contribution in [2.75, 3.05) is 0 Å². The highest BCUT2D eigenvalue weighted by molar-refractivity contribution is 5.96. The van der Waals surface area contributed by atoms with Crippen LogP contribution in [0.4, 0.5) is 0 Å². The maximum Gasteiger partial charge on any atom is 0.309 e. The Morgan fingerprint density at radius 3 is 2.37 bits per heavy atom. The van der Waals surface area contributed by atoms with Crippen LogP contribution in [0.25, 0.3) is 0 Å². The van der Waals surface area contributed by atoms with Gasteiger partial charge in [0.25, 0.3) is 0 Å². The van der Waals surface area contributed by atoms with Gasteiger partial charge >= 0.3 is 5.97 Å². The molecule has 0 atom stereocenters. The van der Waals surface area contributed by atoms with E-state index < -0.39 is 5.97 Å². The molecule has 4 nitrogen and oxygen atoms in total. The molecule has 1 aromatic carbocycles. The molecular formula is C15H15NO3. The number of aliphatic carboxylic acids is 1. The molecule has 1 aromatic heterocycles. The Bertz CT molecular complexity index is 599. The summed E-state index contributed by atoms with van der Waals surface area (Å²) < 4.78 is 1.65. The van der Waals surface area contributed by atoms with E-state index in [0.29, 0.717) is 17.8 Å². The normalized spacial score (nSPS) is 10.4. The lowest BCUT2D eigenvalue weighted by atomic mass is 10.1. The fourth-order valence-electron chi connectivity index (χ4n) is 2.04. The van der Waals surface area contributed by atoms with Crippen molar-refractivity contribution in [2.24, 2.45) is 7.05 Å². The number of benzene rings is 1. The number of nitrogens with zero attached hydrogens (tertiary/aromatic N) is 1. The zero-order chi connectivity index (χ0) is 13.8.